The van der Waals surface area contributed by atoms with Gasteiger partial charge >= 0.3 is 5.97 Å². The first-order chi connectivity index (χ1) is 8.70. The third-order valence-electron chi connectivity index (χ3n) is 2.40. The first-order valence-corrected chi connectivity index (χ1v) is 6.97. The van der Waals surface area contributed by atoms with E-state index in [9.17, 15) is 4.79 Å². The zero-order valence-electron chi connectivity index (χ0n) is 9.37. The summed E-state index contributed by atoms with van der Waals surface area (Å²) in [7, 11) is 0. The van der Waals surface area contributed by atoms with E-state index in [1.54, 1.807) is 17.4 Å². The Morgan fingerprint density at radius 1 is 1.22 bits per heavy atom. The lowest BCUT2D eigenvalue weighted by atomic mass is 10.2. The van der Waals surface area contributed by atoms with Gasteiger partial charge in [0.25, 0.3) is 0 Å². The van der Waals surface area contributed by atoms with Crippen LogP contribution in [0, 0.1) is 0 Å². The highest BCUT2D eigenvalue weighted by Gasteiger charge is 2.15. The van der Waals surface area contributed by atoms with Gasteiger partial charge in [-0.05, 0) is 36.4 Å². The van der Waals surface area contributed by atoms with E-state index in [0.717, 1.165) is 17.7 Å². The highest BCUT2D eigenvalue weighted by molar-refractivity contribution is 7.15. The molecule has 0 amide bonds. The molecule has 18 heavy (non-hydrogen) atoms. The zero-order chi connectivity index (χ0) is 13.0. The van der Waals surface area contributed by atoms with Gasteiger partial charge in [0, 0.05) is 9.75 Å². The van der Waals surface area contributed by atoms with Gasteiger partial charge < -0.3 is 10.3 Å². The summed E-state index contributed by atoms with van der Waals surface area (Å²) in [6.45, 7) is 0. The number of rotatable bonds is 5. The van der Waals surface area contributed by atoms with Gasteiger partial charge in [0.15, 0.2) is 0 Å². The van der Waals surface area contributed by atoms with Crippen LogP contribution < -0.4 is 0 Å². The number of hydrogen-bond acceptors (Lipinski definition) is 5. The van der Waals surface area contributed by atoms with Crippen molar-refractivity contribution in [2.24, 2.45) is 5.16 Å². The molecule has 6 heteroatoms. The molecule has 0 atom stereocenters. The van der Waals surface area contributed by atoms with Gasteiger partial charge in [-0.2, -0.15) is 0 Å². The summed E-state index contributed by atoms with van der Waals surface area (Å²) < 4.78 is 0. The Morgan fingerprint density at radius 2 is 2.00 bits per heavy atom. The molecular weight excluding hydrogens is 270 g/mol. The second kappa shape index (κ2) is 5.79. The van der Waals surface area contributed by atoms with Crippen LogP contribution in [0.4, 0.5) is 0 Å². The Morgan fingerprint density at radius 3 is 2.61 bits per heavy atom. The molecule has 0 aliphatic rings. The standard InChI is InChI=1S/C12H11NO3S2/c14-12(15)11(13-16)10-6-5-9(18-10)4-3-8-2-1-7-17-8/h1-2,5-7,16H,3-4H2,(H,14,15)/b13-11+. The molecule has 2 aromatic rings. The number of nitrogens with zero attached hydrogens (tertiary/aromatic N) is 1. The lowest BCUT2D eigenvalue weighted by Gasteiger charge is -1.95. The van der Waals surface area contributed by atoms with Crippen molar-refractivity contribution >= 4 is 34.4 Å². The van der Waals surface area contributed by atoms with Crippen LogP contribution in [0.15, 0.2) is 34.8 Å². The van der Waals surface area contributed by atoms with E-state index >= 15 is 0 Å². The van der Waals surface area contributed by atoms with Crippen LogP contribution >= 0.6 is 22.7 Å². The fourth-order valence-electron chi connectivity index (χ4n) is 1.54. The highest BCUT2D eigenvalue weighted by atomic mass is 32.1. The summed E-state index contributed by atoms with van der Waals surface area (Å²) in [6.07, 6.45) is 1.81. The predicted molar refractivity (Wildman–Crippen MR) is 72.0 cm³/mol. The third-order valence-corrected chi connectivity index (χ3v) is 4.48. The average molecular weight is 281 g/mol. The number of carbonyl (C=O) groups is 1. The smallest absolute Gasteiger partial charge is 0.359 e. The first kappa shape index (κ1) is 12.8. The number of oxime groups is 1. The molecule has 0 aromatic carbocycles. The molecular formula is C12H11NO3S2. The summed E-state index contributed by atoms with van der Waals surface area (Å²) in [5, 5.41) is 22.3. The van der Waals surface area contributed by atoms with Gasteiger partial charge in [0.05, 0.1) is 4.88 Å². The van der Waals surface area contributed by atoms with Crippen molar-refractivity contribution in [1.82, 2.24) is 0 Å². The normalized spacial score (nSPS) is 11.7. The quantitative estimate of drug-likeness (QED) is 0.503. The number of thiophene rings is 2. The third kappa shape index (κ3) is 2.96. The molecule has 0 aliphatic carbocycles. The summed E-state index contributed by atoms with van der Waals surface area (Å²) in [4.78, 5) is 13.7. The molecule has 0 aliphatic heterocycles. The summed E-state index contributed by atoms with van der Waals surface area (Å²) in [6, 6.07) is 7.65. The molecule has 0 saturated heterocycles. The molecule has 2 heterocycles. The largest absolute Gasteiger partial charge is 0.476 e. The Bertz CT molecular complexity index is 558. The number of hydrogen-bond donors (Lipinski definition) is 2. The van der Waals surface area contributed by atoms with E-state index in [1.165, 1.54) is 16.2 Å². The van der Waals surface area contributed by atoms with E-state index < -0.39 is 5.97 Å². The maximum atomic E-state index is 10.8. The van der Waals surface area contributed by atoms with Gasteiger partial charge in [-0.15, -0.1) is 22.7 Å². The molecule has 0 radical (unpaired) electrons. The number of carboxylic acid groups (broad SMARTS) is 1. The summed E-state index contributed by atoms with van der Waals surface area (Å²) in [5.74, 6) is -1.22. The molecule has 4 nitrogen and oxygen atoms in total. The van der Waals surface area contributed by atoms with Gasteiger partial charge in [0.2, 0.25) is 5.71 Å². The van der Waals surface area contributed by atoms with E-state index in [2.05, 4.69) is 11.2 Å². The lowest BCUT2D eigenvalue weighted by Crippen LogP contribution is -2.12. The minimum atomic E-state index is -1.22. The second-order valence-electron chi connectivity index (χ2n) is 3.60. The van der Waals surface area contributed by atoms with Crippen molar-refractivity contribution in [3.8, 4) is 0 Å². The van der Waals surface area contributed by atoms with Gasteiger partial charge in [0.1, 0.15) is 0 Å². The van der Waals surface area contributed by atoms with Crippen molar-refractivity contribution < 1.29 is 15.1 Å². The minimum Gasteiger partial charge on any atom is -0.476 e. The van der Waals surface area contributed by atoms with Gasteiger partial charge in [-0.25, -0.2) is 4.79 Å². The maximum absolute atomic E-state index is 10.8. The monoisotopic (exact) mass is 281 g/mol. The molecule has 0 bridgehead atoms. The Kier molecular flexibility index (Phi) is 4.11. The van der Waals surface area contributed by atoms with Crippen LogP contribution in [0.3, 0.4) is 0 Å². The Labute approximate surface area is 112 Å². The zero-order valence-corrected chi connectivity index (χ0v) is 11.0. The lowest BCUT2D eigenvalue weighted by molar-refractivity contribution is -0.129. The van der Waals surface area contributed by atoms with Crippen molar-refractivity contribution in [3.05, 3.63) is 44.3 Å². The van der Waals surface area contributed by atoms with E-state index in [0.29, 0.717) is 4.88 Å². The van der Waals surface area contributed by atoms with E-state index in [4.69, 9.17) is 10.3 Å². The van der Waals surface area contributed by atoms with Crippen molar-refractivity contribution in [3.63, 3.8) is 0 Å². The number of aryl methyl sites for hydroxylation is 2. The van der Waals surface area contributed by atoms with Crippen LogP contribution in [0.5, 0.6) is 0 Å². The predicted octanol–water partition coefficient (Wildman–Crippen LogP) is 2.86. The molecule has 0 fully saturated rings. The van der Waals surface area contributed by atoms with Crippen LogP contribution in [0.25, 0.3) is 0 Å². The van der Waals surface area contributed by atoms with Gasteiger partial charge in [-0.1, -0.05) is 11.2 Å². The van der Waals surface area contributed by atoms with Crippen LogP contribution in [0.1, 0.15) is 14.6 Å². The fourth-order valence-corrected chi connectivity index (χ4v) is 3.23. The average Bonchev–Trinajstić information content (AvgIpc) is 2.97. The van der Waals surface area contributed by atoms with E-state index in [1.807, 2.05) is 17.5 Å². The Hall–Kier alpha value is -1.66. The molecule has 2 N–H and O–H groups in total. The number of aliphatic carboxylic acids is 1. The van der Waals surface area contributed by atoms with Crippen molar-refractivity contribution in [2.45, 2.75) is 12.8 Å². The molecule has 94 valence electrons. The fraction of sp³-hybridized carbons (Fsp3) is 0.167. The van der Waals surface area contributed by atoms with Crippen LogP contribution in [0.2, 0.25) is 0 Å². The van der Waals surface area contributed by atoms with Crippen LogP contribution in [-0.4, -0.2) is 22.0 Å². The van der Waals surface area contributed by atoms with Crippen molar-refractivity contribution in [1.29, 1.82) is 0 Å². The highest BCUT2D eigenvalue weighted by Crippen LogP contribution is 2.20. The summed E-state index contributed by atoms with van der Waals surface area (Å²) in [5.41, 5.74) is -0.303. The number of carboxylic acids is 1. The molecule has 0 unspecified atom stereocenters. The molecule has 2 aromatic heterocycles. The molecule has 0 spiro atoms. The molecule has 0 saturated carbocycles. The summed E-state index contributed by atoms with van der Waals surface area (Å²) >= 11 is 3.06. The van der Waals surface area contributed by atoms with Crippen molar-refractivity contribution in [2.75, 3.05) is 0 Å². The molecule has 2 rings (SSSR count). The topological polar surface area (TPSA) is 69.9 Å². The Balaban J connectivity index is 2.04. The van der Waals surface area contributed by atoms with Gasteiger partial charge in [-0.3, -0.25) is 0 Å². The second-order valence-corrected chi connectivity index (χ2v) is 5.80. The first-order valence-electron chi connectivity index (χ1n) is 5.27. The van der Waals surface area contributed by atoms with E-state index in [-0.39, 0.29) is 5.71 Å². The maximum Gasteiger partial charge on any atom is 0.359 e. The van der Waals surface area contributed by atoms with Crippen LogP contribution in [-0.2, 0) is 17.6 Å². The minimum absolute atomic E-state index is 0.303. The SMILES string of the molecule is O=C(O)/C(=N/O)c1ccc(CCc2cccs2)s1.